The molecule has 6 heteroatoms. The number of halogens is 1. The molecule has 25 heavy (non-hydrogen) atoms. The van der Waals surface area contributed by atoms with E-state index in [1.807, 2.05) is 6.07 Å². The summed E-state index contributed by atoms with van der Waals surface area (Å²) in [5.74, 6) is -2.00. The summed E-state index contributed by atoms with van der Waals surface area (Å²) in [6, 6.07) is 14.8. The molecule has 1 aliphatic heterocycles. The lowest BCUT2D eigenvalue weighted by Gasteiger charge is -2.17. The number of carbonyl (C=O) groups is 2. The minimum Gasteiger partial charge on any atom is -0.460 e. The van der Waals surface area contributed by atoms with Crippen LogP contribution in [-0.2, 0) is 20.9 Å². The summed E-state index contributed by atoms with van der Waals surface area (Å²) in [4.78, 5) is 25.6. The van der Waals surface area contributed by atoms with Gasteiger partial charge in [-0.3, -0.25) is 9.59 Å². The largest absolute Gasteiger partial charge is 0.460 e. The third kappa shape index (κ3) is 3.50. The zero-order valence-corrected chi connectivity index (χ0v) is 13.3. The van der Waals surface area contributed by atoms with Crippen LogP contribution >= 0.6 is 0 Å². The van der Waals surface area contributed by atoms with Gasteiger partial charge in [0.25, 0.3) is 0 Å². The Bertz CT molecular complexity index is 860. The highest BCUT2D eigenvalue weighted by atomic mass is 19.1. The van der Waals surface area contributed by atoms with Gasteiger partial charge in [0, 0.05) is 18.5 Å². The van der Waals surface area contributed by atoms with E-state index in [1.165, 1.54) is 23.1 Å². The van der Waals surface area contributed by atoms with Crippen molar-refractivity contribution in [1.29, 1.82) is 5.26 Å². The maximum absolute atomic E-state index is 13.9. The summed E-state index contributed by atoms with van der Waals surface area (Å²) in [6.07, 6.45) is -0.0208. The lowest BCUT2D eigenvalue weighted by atomic mass is 10.1. The normalized spacial score (nSPS) is 16.6. The maximum Gasteiger partial charge on any atom is 0.311 e. The number of ether oxygens (including phenoxy) is 1. The molecule has 1 saturated heterocycles. The number of amides is 1. The maximum atomic E-state index is 13.9. The molecule has 0 aliphatic carbocycles. The molecule has 1 atom stereocenters. The molecule has 1 heterocycles. The van der Waals surface area contributed by atoms with Crippen LogP contribution in [0.25, 0.3) is 0 Å². The van der Waals surface area contributed by atoms with Crippen LogP contribution in [0.1, 0.15) is 17.5 Å². The first-order valence-corrected chi connectivity index (χ1v) is 7.79. The molecule has 0 unspecified atom stereocenters. The van der Waals surface area contributed by atoms with Crippen molar-refractivity contribution >= 4 is 17.6 Å². The molecule has 1 fully saturated rings. The summed E-state index contributed by atoms with van der Waals surface area (Å²) >= 11 is 0. The van der Waals surface area contributed by atoms with Crippen LogP contribution in [0.4, 0.5) is 10.1 Å². The topological polar surface area (TPSA) is 70.4 Å². The van der Waals surface area contributed by atoms with Crippen LogP contribution in [0.3, 0.4) is 0 Å². The standard InChI is InChI=1S/C19H15FN2O3/c20-16-7-3-4-8-17(16)22-11-15(9-18(22)23)19(24)25-12-14-6-2-1-5-13(14)10-21/h1-8,15H,9,11-12H2/t15-/m0/s1. The molecule has 0 spiro atoms. The summed E-state index contributed by atoms with van der Waals surface area (Å²) in [5.41, 5.74) is 1.21. The van der Waals surface area contributed by atoms with Crippen LogP contribution in [0, 0.1) is 23.1 Å². The molecule has 1 amide bonds. The van der Waals surface area contributed by atoms with Crippen molar-refractivity contribution in [2.24, 2.45) is 5.92 Å². The van der Waals surface area contributed by atoms with Crippen LogP contribution in [-0.4, -0.2) is 18.4 Å². The predicted molar refractivity (Wildman–Crippen MR) is 87.8 cm³/mol. The van der Waals surface area contributed by atoms with Gasteiger partial charge in [-0.25, -0.2) is 4.39 Å². The molecular formula is C19H15FN2O3. The molecule has 126 valence electrons. The third-order valence-electron chi connectivity index (χ3n) is 4.11. The second kappa shape index (κ2) is 7.14. The molecule has 0 saturated carbocycles. The molecule has 5 nitrogen and oxygen atoms in total. The van der Waals surface area contributed by atoms with E-state index in [4.69, 9.17) is 10.00 Å². The van der Waals surface area contributed by atoms with Crippen molar-refractivity contribution in [3.8, 4) is 6.07 Å². The van der Waals surface area contributed by atoms with E-state index < -0.39 is 17.7 Å². The fourth-order valence-electron chi connectivity index (χ4n) is 2.79. The van der Waals surface area contributed by atoms with Gasteiger partial charge in [0.05, 0.1) is 23.2 Å². The lowest BCUT2D eigenvalue weighted by molar-refractivity contribution is -0.149. The monoisotopic (exact) mass is 338 g/mol. The van der Waals surface area contributed by atoms with E-state index >= 15 is 0 Å². The Balaban J connectivity index is 1.65. The number of nitrogens with zero attached hydrogens (tertiary/aromatic N) is 2. The Morgan fingerprint density at radius 1 is 1.24 bits per heavy atom. The summed E-state index contributed by atoms with van der Waals surface area (Å²) in [5, 5.41) is 9.04. The van der Waals surface area contributed by atoms with Gasteiger partial charge in [0.1, 0.15) is 12.4 Å². The molecule has 2 aromatic carbocycles. The zero-order valence-electron chi connectivity index (χ0n) is 13.3. The van der Waals surface area contributed by atoms with Crippen LogP contribution in [0.15, 0.2) is 48.5 Å². The molecule has 0 radical (unpaired) electrons. The number of anilines is 1. The lowest BCUT2D eigenvalue weighted by Crippen LogP contribution is -2.27. The molecule has 0 bridgehead atoms. The van der Waals surface area contributed by atoms with E-state index in [2.05, 4.69) is 0 Å². The predicted octanol–water partition coefficient (Wildman–Crippen LogP) is 2.79. The number of hydrogen-bond donors (Lipinski definition) is 0. The second-order valence-electron chi connectivity index (χ2n) is 5.73. The Labute approximate surface area is 144 Å². The second-order valence-corrected chi connectivity index (χ2v) is 5.73. The number of benzene rings is 2. The molecule has 1 aliphatic rings. The van der Waals surface area contributed by atoms with Gasteiger partial charge in [0.2, 0.25) is 5.91 Å². The number of nitriles is 1. The van der Waals surface area contributed by atoms with Crippen LogP contribution in [0.5, 0.6) is 0 Å². The first kappa shape index (κ1) is 16.7. The van der Waals surface area contributed by atoms with Crippen LogP contribution in [0.2, 0.25) is 0 Å². The Morgan fingerprint density at radius 2 is 1.96 bits per heavy atom. The van der Waals surface area contributed by atoms with Gasteiger partial charge < -0.3 is 9.64 Å². The fraction of sp³-hybridized carbons (Fsp3) is 0.211. The van der Waals surface area contributed by atoms with Gasteiger partial charge >= 0.3 is 5.97 Å². The number of esters is 1. The van der Waals surface area contributed by atoms with Crippen molar-refractivity contribution in [2.75, 3.05) is 11.4 Å². The Hall–Kier alpha value is -3.20. The highest BCUT2D eigenvalue weighted by molar-refractivity contribution is 5.99. The third-order valence-corrected chi connectivity index (χ3v) is 4.11. The van der Waals surface area contributed by atoms with Crippen molar-refractivity contribution < 1.29 is 18.7 Å². The minimum absolute atomic E-state index is 0.0208. The first-order valence-electron chi connectivity index (χ1n) is 7.79. The van der Waals surface area contributed by atoms with E-state index in [9.17, 15) is 14.0 Å². The van der Waals surface area contributed by atoms with Crippen molar-refractivity contribution in [3.05, 3.63) is 65.5 Å². The fourth-order valence-corrected chi connectivity index (χ4v) is 2.79. The summed E-state index contributed by atoms with van der Waals surface area (Å²) in [6.45, 7) is 0.0471. The number of hydrogen-bond acceptors (Lipinski definition) is 4. The Morgan fingerprint density at radius 3 is 2.72 bits per heavy atom. The minimum atomic E-state index is -0.652. The molecule has 0 N–H and O–H groups in total. The van der Waals surface area contributed by atoms with Gasteiger partial charge in [-0.1, -0.05) is 30.3 Å². The molecule has 2 aromatic rings. The van der Waals surface area contributed by atoms with Crippen molar-refractivity contribution in [2.45, 2.75) is 13.0 Å². The zero-order chi connectivity index (χ0) is 17.8. The highest BCUT2D eigenvalue weighted by Gasteiger charge is 2.37. The van der Waals surface area contributed by atoms with Gasteiger partial charge in [-0.2, -0.15) is 5.26 Å². The molecule has 0 aromatic heterocycles. The number of carbonyl (C=O) groups excluding carboxylic acids is 2. The van der Waals surface area contributed by atoms with E-state index in [1.54, 1.807) is 30.3 Å². The van der Waals surface area contributed by atoms with E-state index in [-0.39, 0.29) is 31.2 Å². The van der Waals surface area contributed by atoms with E-state index in [0.717, 1.165) is 0 Å². The quantitative estimate of drug-likeness (QED) is 0.804. The molecular weight excluding hydrogens is 323 g/mol. The number of para-hydroxylation sites is 1. The van der Waals surface area contributed by atoms with Crippen molar-refractivity contribution in [1.82, 2.24) is 0 Å². The van der Waals surface area contributed by atoms with Crippen molar-refractivity contribution in [3.63, 3.8) is 0 Å². The smallest absolute Gasteiger partial charge is 0.311 e. The summed E-state index contributed by atoms with van der Waals surface area (Å²) < 4.78 is 19.1. The van der Waals surface area contributed by atoms with Gasteiger partial charge in [-0.05, 0) is 18.2 Å². The molecule has 3 rings (SSSR count). The average Bonchev–Trinajstić information content (AvgIpc) is 3.02. The average molecular weight is 338 g/mol. The van der Waals surface area contributed by atoms with Gasteiger partial charge in [-0.15, -0.1) is 0 Å². The first-order chi connectivity index (χ1) is 12.1. The number of rotatable bonds is 4. The van der Waals surface area contributed by atoms with E-state index in [0.29, 0.717) is 11.1 Å². The van der Waals surface area contributed by atoms with Crippen LogP contribution < -0.4 is 4.90 Å². The Kier molecular flexibility index (Phi) is 4.75. The SMILES string of the molecule is N#Cc1ccccc1COC(=O)[C@H]1CC(=O)N(c2ccccc2F)C1. The summed E-state index contributed by atoms with van der Waals surface area (Å²) in [7, 11) is 0. The van der Waals surface area contributed by atoms with Gasteiger partial charge in [0.15, 0.2) is 0 Å². The highest BCUT2D eigenvalue weighted by Crippen LogP contribution is 2.28.